The molecular formula is C12H16O. The normalized spacial score (nSPS) is 11.1. The molecule has 0 unspecified atom stereocenters. The van der Waals surface area contributed by atoms with E-state index in [0.717, 1.165) is 5.75 Å². The zero-order chi connectivity index (χ0) is 9.68. The van der Waals surface area contributed by atoms with E-state index in [4.69, 9.17) is 4.74 Å². The summed E-state index contributed by atoms with van der Waals surface area (Å²) in [4.78, 5) is 0. The van der Waals surface area contributed by atoms with Crippen molar-refractivity contribution in [3.8, 4) is 5.75 Å². The van der Waals surface area contributed by atoms with Crippen LogP contribution in [0.25, 0.3) is 6.08 Å². The van der Waals surface area contributed by atoms with Crippen molar-refractivity contribution in [1.82, 2.24) is 0 Å². The van der Waals surface area contributed by atoms with Gasteiger partial charge in [-0.1, -0.05) is 24.3 Å². The van der Waals surface area contributed by atoms with Gasteiger partial charge in [-0.3, -0.25) is 0 Å². The first-order chi connectivity index (χ1) is 6.22. The van der Waals surface area contributed by atoms with Crippen molar-refractivity contribution >= 4 is 6.08 Å². The Morgan fingerprint density at radius 3 is 2.23 bits per heavy atom. The molecule has 0 fully saturated rings. The third-order valence-corrected chi connectivity index (χ3v) is 1.61. The lowest BCUT2D eigenvalue weighted by molar-refractivity contribution is 0.242. The van der Waals surface area contributed by atoms with Gasteiger partial charge in [0.05, 0.1) is 6.10 Å². The molecule has 1 aromatic rings. The van der Waals surface area contributed by atoms with E-state index >= 15 is 0 Å². The van der Waals surface area contributed by atoms with Crippen molar-refractivity contribution in [1.29, 1.82) is 0 Å². The van der Waals surface area contributed by atoms with E-state index in [1.807, 2.05) is 39.0 Å². The average Bonchev–Trinajstić information content (AvgIpc) is 2.08. The lowest BCUT2D eigenvalue weighted by Gasteiger charge is -2.09. The molecule has 0 bridgehead atoms. The topological polar surface area (TPSA) is 9.23 Å². The summed E-state index contributed by atoms with van der Waals surface area (Å²) in [6.07, 6.45) is 4.34. The summed E-state index contributed by atoms with van der Waals surface area (Å²) in [6, 6.07) is 8.10. The Labute approximate surface area is 80.0 Å². The molecule has 0 aliphatic heterocycles. The van der Waals surface area contributed by atoms with Crippen LogP contribution in [0.2, 0.25) is 0 Å². The number of hydrogen-bond donors (Lipinski definition) is 0. The Hall–Kier alpha value is -1.24. The van der Waals surface area contributed by atoms with Crippen molar-refractivity contribution in [3.63, 3.8) is 0 Å². The van der Waals surface area contributed by atoms with Crippen LogP contribution < -0.4 is 4.74 Å². The molecule has 0 heterocycles. The Kier molecular flexibility index (Phi) is 3.56. The first-order valence-corrected chi connectivity index (χ1v) is 4.62. The summed E-state index contributed by atoms with van der Waals surface area (Å²) in [7, 11) is 0. The minimum atomic E-state index is 0.243. The number of ether oxygens (including phenoxy) is 1. The van der Waals surface area contributed by atoms with Gasteiger partial charge in [-0.05, 0) is 38.5 Å². The average molecular weight is 176 g/mol. The zero-order valence-corrected chi connectivity index (χ0v) is 8.45. The van der Waals surface area contributed by atoms with E-state index in [9.17, 15) is 0 Å². The smallest absolute Gasteiger partial charge is 0.119 e. The standard InChI is InChI=1S/C12H16O/c1-4-5-11-6-8-12(9-7-11)13-10(2)3/h4-10H,1-3H3. The Bertz CT molecular complexity index is 270. The Morgan fingerprint density at radius 2 is 1.77 bits per heavy atom. The van der Waals surface area contributed by atoms with Gasteiger partial charge in [0.25, 0.3) is 0 Å². The van der Waals surface area contributed by atoms with Crippen LogP contribution in [-0.4, -0.2) is 6.10 Å². The second-order valence-corrected chi connectivity index (χ2v) is 3.24. The van der Waals surface area contributed by atoms with E-state index in [2.05, 4.69) is 18.2 Å². The van der Waals surface area contributed by atoms with E-state index in [1.165, 1.54) is 5.56 Å². The molecule has 0 aliphatic carbocycles. The van der Waals surface area contributed by atoms with Crippen LogP contribution in [0.3, 0.4) is 0 Å². The molecule has 13 heavy (non-hydrogen) atoms. The first-order valence-electron chi connectivity index (χ1n) is 4.62. The van der Waals surface area contributed by atoms with Crippen LogP contribution in [0.1, 0.15) is 26.3 Å². The lowest BCUT2D eigenvalue weighted by Crippen LogP contribution is -2.05. The summed E-state index contributed by atoms with van der Waals surface area (Å²) in [5, 5.41) is 0. The van der Waals surface area contributed by atoms with Gasteiger partial charge >= 0.3 is 0 Å². The lowest BCUT2D eigenvalue weighted by atomic mass is 10.2. The van der Waals surface area contributed by atoms with Crippen LogP contribution in [0.4, 0.5) is 0 Å². The summed E-state index contributed by atoms with van der Waals surface area (Å²) < 4.78 is 5.52. The molecule has 0 atom stereocenters. The Morgan fingerprint density at radius 1 is 1.15 bits per heavy atom. The number of hydrogen-bond acceptors (Lipinski definition) is 1. The van der Waals surface area contributed by atoms with Gasteiger partial charge in [0, 0.05) is 0 Å². The second kappa shape index (κ2) is 4.70. The van der Waals surface area contributed by atoms with Crippen LogP contribution in [0.5, 0.6) is 5.75 Å². The van der Waals surface area contributed by atoms with E-state index in [1.54, 1.807) is 0 Å². The molecule has 70 valence electrons. The van der Waals surface area contributed by atoms with Gasteiger partial charge < -0.3 is 4.74 Å². The number of allylic oxidation sites excluding steroid dienone is 1. The molecule has 0 saturated carbocycles. The fraction of sp³-hybridized carbons (Fsp3) is 0.333. The maximum absolute atomic E-state index is 5.52. The van der Waals surface area contributed by atoms with Gasteiger partial charge in [0.2, 0.25) is 0 Å². The molecule has 0 saturated heterocycles. The van der Waals surface area contributed by atoms with Gasteiger partial charge in [-0.15, -0.1) is 0 Å². The summed E-state index contributed by atoms with van der Waals surface area (Å²) in [5.41, 5.74) is 1.21. The highest BCUT2D eigenvalue weighted by molar-refractivity contribution is 5.50. The van der Waals surface area contributed by atoms with Gasteiger partial charge in [-0.2, -0.15) is 0 Å². The quantitative estimate of drug-likeness (QED) is 0.684. The molecule has 1 aromatic carbocycles. The van der Waals surface area contributed by atoms with Gasteiger partial charge in [0.1, 0.15) is 5.75 Å². The molecule has 0 amide bonds. The van der Waals surface area contributed by atoms with Crippen molar-refractivity contribution in [2.75, 3.05) is 0 Å². The maximum atomic E-state index is 5.52. The van der Waals surface area contributed by atoms with Crippen LogP contribution in [-0.2, 0) is 0 Å². The third-order valence-electron chi connectivity index (χ3n) is 1.61. The summed E-state index contributed by atoms with van der Waals surface area (Å²) in [5.74, 6) is 0.934. The monoisotopic (exact) mass is 176 g/mol. The van der Waals surface area contributed by atoms with Crippen LogP contribution in [0.15, 0.2) is 30.3 Å². The van der Waals surface area contributed by atoms with Crippen LogP contribution >= 0.6 is 0 Å². The first kappa shape index (κ1) is 9.85. The molecule has 1 nitrogen and oxygen atoms in total. The van der Waals surface area contributed by atoms with Crippen molar-refractivity contribution in [3.05, 3.63) is 35.9 Å². The van der Waals surface area contributed by atoms with Crippen molar-refractivity contribution in [2.24, 2.45) is 0 Å². The molecule has 0 aliphatic rings. The number of benzene rings is 1. The molecule has 0 aromatic heterocycles. The highest BCUT2D eigenvalue weighted by atomic mass is 16.5. The maximum Gasteiger partial charge on any atom is 0.119 e. The molecular weight excluding hydrogens is 160 g/mol. The summed E-state index contributed by atoms with van der Waals surface area (Å²) >= 11 is 0. The number of rotatable bonds is 3. The molecule has 1 heteroatoms. The fourth-order valence-corrected chi connectivity index (χ4v) is 1.12. The van der Waals surface area contributed by atoms with E-state index < -0.39 is 0 Å². The van der Waals surface area contributed by atoms with Crippen molar-refractivity contribution in [2.45, 2.75) is 26.9 Å². The zero-order valence-electron chi connectivity index (χ0n) is 8.45. The van der Waals surface area contributed by atoms with Gasteiger partial charge in [-0.25, -0.2) is 0 Å². The SMILES string of the molecule is CC=Cc1ccc(OC(C)C)cc1. The minimum Gasteiger partial charge on any atom is -0.491 e. The molecule has 0 spiro atoms. The summed E-state index contributed by atoms with van der Waals surface area (Å²) in [6.45, 7) is 6.07. The third kappa shape index (κ3) is 3.32. The van der Waals surface area contributed by atoms with Crippen molar-refractivity contribution < 1.29 is 4.74 Å². The Balaban J connectivity index is 2.69. The van der Waals surface area contributed by atoms with Gasteiger partial charge in [0.15, 0.2) is 0 Å². The highest BCUT2D eigenvalue weighted by Gasteiger charge is 1.95. The highest BCUT2D eigenvalue weighted by Crippen LogP contribution is 2.14. The second-order valence-electron chi connectivity index (χ2n) is 3.24. The van der Waals surface area contributed by atoms with E-state index in [-0.39, 0.29) is 6.10 Å². The predicted molar refractivity (Wildman–Crippen MR) is 56.9 cm³/mol. The molecule has 0 radical (unpaired) electrons. The van der Waals surface area contributed by atoms with Crippen LogP contribution in [0, 0.1) is 0 Å². The fourth-order valence-electron chi connectivity index (χ4n) is 1.12. The molecule has 0 N–H and O–H groups in total. The van der Waals surface area contributed by atoms with E-state index in [0.29, 0.717) is 0 Å². The predicted octanol–water partition coefficient (Wildman–Crippen LogP) is 3.51. The largest absolute Gasteiger partial charge is 0.491 e. The molecule has 1 rings (SSSR count). The minimum absolute atomic E-state index is 0.243.